The number of hydrogen-bond donors (Lipinski definition) is 1. The molecule has 0 heterocycles. The van der Waals surface area contributed by atoms with Crippen molar-refractivity contribution in [1.82, 2.24) is 10.0 Å². The topological polar surface area (TPSA) is 69.7 Å². The van der Waals surface area contributed by atoms with Crippen molar-refractivity contribution in [2.75, 3.05) is 12.4 Å². The van der Waals surface area contributed by atoms with E-state index in [1.165, 1.54) is 23.0 Å². The van der Waals surface area contributed by atoms with Crippen LogP contribution < -0.4 is 5.32 Å². The van der Waals surface area contributed by atoms with E-state index in [0.717, 1.165) is 5.56 Å². The van der Waals surface area contributed by atoms with Gasteiger partial charge >= 0.3 is 0 Å². The molecule has 0 atom stereocenters. The molecule has 0 bridgehead atoms. The summed E-state index contributed by atoms with van der Waals surface area (Å²) in [6.45, 7) is 6.88. The predicted molar refractivity (Wildman–Crippen MR) is 141 cm³/mol. The molecule has 3 aromatic carbocycles. The predicted octanol–water partition coefficient (Wildman–Crippen LogP) is 6.55. The SMILES string of the molecule is CC(=O)Nc1ccc(C(=O)N(N(C)C(=O)c2ccccc2-c2ccccc2Cl)C(C)(C)C)cc1Cl. The minimum absolute atomic E-state index is 0.220. The van der Waals surface area contributed by atoms with Crippen molar-refractivity contribution in [2.24, 2.45) is 0 Å². The van der Waals surface area contributed by atoms with Crippen molar-refractivity contribution in [2.45, 2.75) is 33.2 Å². The molecule has 8 heteroatoms. The monoisotopic (exact) mass is 511 g/mol. The summed E-state index contributed by atoms with van der Waals surface area (Å²) >= 11 is 12.7. The first kappa shape index (κ1) is 26.3. The number of nitrogens with zero attached hydrogens (tertiary/aromatic N) is 2. The number of nitrogens with one attached hydrogen (secondary N) is 1. The van der Waals surface area contributed by atoms with E-state index < -0.39 is 11.4 Å². The number of anilines is 1. The lowest BCUT2D eigenvalue weighted by Crippen LogP contribution is -2.56. The second-order valence-corrected chi connectivity index (χ2v) is 9.83. The van der Waals surface area contributed by atoms with Crippen molar-refractivity contribution < 1.29 is 14.4 Å². The maximum atomic E-state index is 13.7. The Morgan fingerprint density at radius 3 is 1.97 bits per heavy atom. The van der Waals surface area contributed by atoms with Gasteiger partial charge in [0.05, 0.1) is 16.2 Å². The van der Waals surface area contributed by atoms with Crippen LogP contribution in [0.3, 0.4) is 0 Å². The molecule has 0 aliphatic rings. The minimum atomic E-state index is -0.746. The molecule has 0 aromatic heterocycles. The van der Waals surface area contributed by atoms with E-state index in [9.17, 15) is 14.4 Å². The van der Waals surface area contributed by atoms with Gasteiger partial charge in [-0.1, -0.05) is 59.6 Å². The summed E-state index contributed by atoms with van der Waals surface area (Å²) in [5, 5.41) is 6.06. The number of hydrogen-bond acceptors (Lipinski definition) is 3. The zero-order valence-corrected chi connectivity index (χ0v) is 21.7. The molecule has 3 aromatic rings. The van der Waals surface area contributed by atoms with Crippen LogP contribution in [0.2, 0.25) is 10.0 Å². The Morgan fingerprint density at radius 2 is 1.40 bits per heavy atom. The standard InChI is InChI=1S/C27H27Cl2N3O3/c1-17(33)30-24-15-14-18(16-23(24)29)25(34)32(27(2,3)4)31(5)26(35)21-12-7-6-10-19(21)20-11-8-9-13-22(20)28/h6-16H,1-5H3,(H,30,33). The molecule has 0 aliphatic carbocycles. The van der Waals surface area contributed by atoms with Crippen molar-refractivity contribution in [3.8, 4) is 11.1 Å². The van der Waals surface area contributed by atoms with Gasteiger partial charge in [-0.15, -0.1) is 0 Å². The van der Waals surface area contributed by atoms with Gasteiger partial charge in [0.1, 0.15) is 0 Å². The highest BCUT2D eigenvalue weighted by Gasteiger charge is 2.35. The number of halogens is 2. The van der Waals surface area contributed by atoms with Gasteiger partial charge in [-0.3, -0.25) is 14.4 Å². The molecular weight excluding hydrogens is 485 g/mol. The molecular formula is C27H27Cl2N3O3. The minimum Gasteiger partial charge on any atom is -0.325 e. The molecule has 182 valence electrons. The maximum absolute atomic E-state index is 13.7. The Balaban J connectivity index is 2.01. The highest BCUT2D eigenvalue weighted by molar-refractivity contribution is 6.34. The number of carbonyl (C=O) groups is 3. The third kappa shape index (κ3) is 5.84. The first-order valence-corrected chi connectivity index (χ1v) is 11.7. The van der Waals surface area contributed by atoms with Gasteiger partial charge in [0.15, 0.2) is 0 Å². The van der Waals surface area contributed by atoms with Gasteiger partial charge in [-0.25, -0.2) is 10.0 Å². The summed E-state index contributed by atoms with van der Waals surface area (Å²) in [6.07, 6.45) is 0. The molecule has 1 N–H and O–H groups in total. The largest absolute Gasteiger partial charge is 0.325 e. The Hall–Kier alpha value is -3.35. The van der Waals surface area contributed by atoms with Crippen LogP contribution in [0.4, 0.5) is 5.69 Å². The van der Waals surface area contributed by atoms with Crippen LogP contribution >= 0.6 is 23.2 Å². The van der Waals surface area contributed by atoms with Crippen LogP contribution in [0.1, 0.15) is 48.4 Å². The van der Waals surface area contributed by atoms with Gasteiger partial charge in [-0.2, -0.15) is 0 Å². The van der Waals surface area contributed by atoms with Crippen molar-refractivity contribution >= 4 is 46.6 Å². The molecule has 3 rings (SSSR count). The van der Waals surface area contributed by atoms with Crippen LogP contribution in [0.25, 0.3) is 11.1 Å². The lowest BCUT2D eigenvalue weighted by Gasteiger charge is -2.42. The van der Waals surface area contributed by atoms with Crippen LogP contribution in [0.15, 0.2) is 66.7 Å². The number of hydrazine groups is 1. The zero-order valence-electron chi connectivity index (χ0n) is 20.2. The number of benzene rings is 3. The lowest BCUT2D eigenvalue weighted by atomic mass is 9.99. The summed E-state index contributed by atoms with van der Waals surface area (Å²) < 4.78 is 0. The summed E-state index contributed by atoms with van der Waals surface area (Å²) in [5.74, 6) is -1.06. The number of rotatable bonds is 4. The first-order chi connectivity index (χ1) is 16.4. The maximum Gasteiger partial charge on any atom is 0.273 e. The highest BCUT2D eigenvalue weighted by Crippen LogP contribution is 2.32. The molecule has 3 amide bonds. The Bertz CT molecular complexity index is 1280. The fraction of sp³-hybridized carbons (Fsp3) is 0.222. The lowest BCUT2D eigenvalue weighted by molar-refractivity contribution is -0.114. The third-order valence-electron chi connectivity index (χ3n) is 5.27. The summed E-state index contributed by atoms with van der Waals surface area (Å²) in [5.41, 5.74) is 1.72. The molecule has 0 radical (unpaired) electrons. The van der Waals surface area contributed by atoms with Crippen LogP contribution in [0, 0.1) is 0 Å². The van der Waals surface area contributed by atoms with Crippen LogP contribution in [-0.2, 0) is 4.79 Å². The van der Waals surface area contributed by atoms with E-state index >= 15 is 0 Å². The number of amides is 3. The molecule has 0 aliphatic heterocycles. The second-order valence-electron chi connectivity index (χ2n) is 9.02. The normalized spacial score (nSPS) is 11.1. The molecule has 0 unspecified atom stereocenters. The Kier molecular flexibility index (Phi) is 7.88. The van der Waals surface area contributed by atoms with Crippen LogP contribution in [0.5, 0.6) is 0 Å². The molecule has 0 spiro atoms. The quantitative estimate of drug-likeness (QED) is 0.403. The molecule has 0 fully saturated rings. The molecule has 35 heavy (non-hydrogen) atoms. The fourth-order valence-electron chi connectivity index (χ4n) is 3.80. The van der Waals surface area contributed by atoms with E-state index in [2.05, 4.69) is 5.32 Å². The van der Waals surface area contributed by atoms with E-state index in [1.54, 1.807) is 37.4 Å². The molecule has 0 saturated heterocycles. The van der Waals surface area contributed by atoms with Crippen molar-refractivity contribution in [3.63, 3.8) is 0 Å². The number of carbonyl (C=O) groups excluding carboxylic acids is 3. The van der Waals surface area contributed by atoms with Gasteiger partial charge in [0.25, 0.3) is 11.8 Å². The fourth-order valence-corrected chi connectivity index (χ4v) is 4.27. The first-order valence-electron chi connectivity index (χ1n) is 11.0. The van der Waals surface area contributed by atoms with Gasteiger partial charge in [0, 0.05) is 35.7 Å². The summed E-state index contributed by atoms with van der Waals surface area (Å²) in [7, 11) is 1.56. The van der Waals surface area contributed by atoms with E-state index in [0.29, 0.717) is 21.8 Å². The Labute approximate surface area is 215 Å². The molecule has 0 saturated carbocycles. The van der Waals surface area contributed by atoms with E-state index in [1.807, 2.05) is 51.1 Å². The van der Waals surface area contributed by atoms with Crippen molar-refractivity contribution in [1.29, 1.82) is 0 Å². The van der Waals surface area contributed by atoms with Gasteiger partial charge in [-0.05, 0) is 56.7 Å². The van der Waals surface area contributed by atoms with E-state index in [-0.39, 0.29) is 22.4 Å². The highest BCUT2D eigenvalue weighted by atomic mass is 35.5. The smallest absolute Gasteiger partial charge is 0.273 e. The van der Waals surface area contributed by atoms with Gasteiger partial charge in [0.2, 0.25) is 5.91 Å². The van der Waals surface area contributed by atoms with Crippen LogP contribution in [-0.4, -0.2) is 40.3 Å². The van der Waals surface area contributed by atoms with E-state index in [4.69, 9.17) is 23.2 Å². The van der Waals surface area contributed by atoms with Crippen molar-refractivity contribution in [3.05, 3.63) is 87.9 Å². The average Bonchev–Trinajstić information content (AvgIpc) is 2.79. The summed E-state index contributed by atoms with van der Waals surface area (Å²) in [6, 6.07) is 19.0. The average molecular weight is 512 g/mol. The molecule has 6 nitrogen and oxygen atoms in total. The second kappa shape index (κ2) is 10.5. The Morgan fingerprint density at radius 1 is 0.800 bits per heavy atom. The van der Waals surface area contributed by atoms with Gasteiger partial charge < -0.3 is 5.32 Å². The zero-order chi connectivity index (χ0) is 25.9. The summed E-state index contributed by atoms with van der Waals surface area (Å²) in [4.78, 5) is 38.7. The third-order valence-corrected chi connectivity index (χ3v) is 5.91.